The third-order valence-electron chi connectivity index (χ3n) is 2.95. The number of nitrogens with zero attached hydrogens (tertiary/aromatic N) is 1. The summed E-state index contributed by atoms with van der Waals surface area (Å²) in [4.78, 5) is 22.5. The fourth-order valence-corrected chi connectivity index (χ4v) is 1.20. The number of hydrogen-bond acceptors (Lipinski definition) is 4. The number of carbonyl (C=O) groups is 2. The molecule has 1 N–H and O–H groups in total. The summed E-state index contributed by atoms with van der Waals surface area (Å²) < 4.78 is 4.82. The second-order valence-corrected chi connectivity index (χ2v) is 5.91. The van der Waals surface area contributed by atoms with Gasteiger partial charge in [0.15, 0.2) is 0 Å². The lowest BCUT2D eigenvalue weighted by atomic mass is 10.0. The van der Waals surface area contributed by atoms with Crippen LogP contribution in [0.3, 0.4) is 0 Å². The summed E-state index contributed by atoms with van der Waals surface area (Å²) in [5.74, 6) is -0.782. The van der Waals surface area contributed by atoms with Crippen LogP contribution in [0.25, 0.3) is 0 Å². The lowest BCUT2D eigenvalue weighted by Gasteiger charge is -2.31. The maximum absolute atomic E-state index is 11.9. The van der Waals surface area contributed by atoms with E-state index in [4.69, 9.17) is 4.74 Å². The first-order chi connectivity index (χ1) is 8.50. The van der Waals surface area contributed by atoms with Gasteiger partial charge in [-0.3, -0.25) is 9.59 Å². The van der Waals surface area contributed by atoms with Crippen LogP contribution >= 0.6 is 0 Å². The van der Waals surface area contributed by atoms with Gasteiger partial charge in [-0.1, -0.05) is 6.92 Å². The Balaban J connectivity index is 4.38. The number of esters is 1. The SMILES string of the molecule is CCC(C)(C)NC(=O)CN([O])C(C)(C)COC(C)=O. The maximum Gasteiger partial charge on any atom is 0.302 e. The van der Waals surface area contributed by atoms with E-state index < -0.39 is 11.5 Å². The molecule has 0 aromatic heterocycles. The minimum Gasteiger partial charge on any atom is -0.464 e. The van der Waals surface area contributed by atoms with Crippen molar-refractivity contribution in [3.8, 4) is 0 Å². The van der Waals surface area contributed by atoms with Crippen LogP contribution in [0.4, 0.5) is 0 Å². The van der Waals surface area contributed by atoms with E-state index in [0.717, 1.165) is 6.42 Å². The molecule has 0 aromatic rings. The number of hydroxylamine groups is 2. The van der Waals surface area contributed by atoms with Crippen LogP contribution in [-0.4, -0.2) is 41.2 Å². The molecule has 0 aromatic carbocycles. The first kappa shape index (κ1) is 17.9. The fraction of sp³-hybridized carbons (Fsp3) is 0.846. The predicted octanol–water partition coefficient (Wildman–Crippen LogP) is 1.28. The highest BCUT2D eigenvalue weighted by Gasteiger charge is 2.31. The van der Waals surface area contributed by atoms with Crippen LogP contribution in [0.1, 0.15) is 48.0 Å². The first-order valence-corrected chi connectivity index (χ1v) is 6.39. The van der Waals surface area contributed by atoms with Crippen LogP contribution in [0, 0.1) is 0 Å². The Kier molecular flexibility index (Phi) is 6.45. The lowest BCUT2D eigenvalue weighted by molar-refractivity contribution is -0.227. The molecule has 0 aliphatic rings. The Hall–Kier alpha value is -1.14. The molecule has 6 nitrogen and oxygen atoms in total. The minimum atomic E-state index is -0.931. The van der Waals surface area contributed by atoms with Gasteiger partial charge in [0, 0.05) is 12.5 Å². The third kappa shape index (κ3) is 7.12. The van der Waals surface area contributed by atoms with E-state index in [1.165, 1.54) is 6.92 Å². The second-order valence-electron chi connectivity index (χ2n) is 5.91. The van der Waals surface area contributed by atoms with E-state index in [2.05, 4.69) is 5.32 Å². The zero-order valence-electron chi connectivity index (χ0n) is 12.7. The van der Waals surface area contributed by atoms with Crippen LogP contribution in [0.5, 0.6) is 0 Å². The maximum atomic E-state index is 11.9. The van der Waals surface area contributed by atoms with E-state index in [9.17, 15) is 14.8 Å². The lowest BCUT2D eigenvalue weighted by Crippen LogP contribution is -2.52. The van der Waals surface area contributed by atoms with Crippen LogP contribution in [-0.2, 0) is 19.5 Å². The average Bonchev–Trinajstić information content (AvgIpc) is 2.25. The summed E-state index contributed by atoms with van der Waals surface area (Å²) in [5.41, 5.74) is -1.27. The van der Waals surface area contributed by atoms with Gasteiger partial charge in [0.1, 0.15) is 13.2 Å². The zero-order valence-corrected chi connectivity index (χ0v) is 12.7. The first-order valence-electron chi connectivity index (χ1n) is 6.39. The van der Waals surface area contributed by atoms with Gasteiger partial charge < -0.3 is 10.1 Å². The molecule has 0 rings (SSSR count). The van der Waals surface area contributed by atoms with Gasteiger partial charge in [0.05, 0.1) is 5.54 Å². The van der Waals surface area contributed by atoms with Gasteiger partial charge in [0.2, 0.25) is 5.91 Å². The Labute approximate surface area is 115 Å². The number of hydrogen-bond donors (Lipinski definition) is 1. The Morgan fingerprint density at radius 1 is 1.21 bits per heavy atom. The Bertz CT molecular complexity index is 327. The number of nitrogens with one attached hydrogen (secondary N) is 1. The van der Waals surface area contributed by atoms with E-state index in [-0.39, 0.29) is 24.6 Å². The topological polar surface area (TPSA) is 78.5 Å². The van der Waals surface area contributed by atoms with Crippen molar-refractivity contribution in [3.63, 3.8) is 0 Å². The van der Waals surface area contributed by atoms with Crippen molar-refractivity contribution in [3.05, 3.63) is 0 Å². The zero-order chi connectivity index (χ0) is 15.3. The molecule has 19 heavy (non-hydrogen) atoms. The largest absolute Gasteiger partial charge is 0.464 e. The standard InChI is InChI=1S/C13H25N2O4/c1-7-12(3,4)14-11(17)8-15(18)13(5,6)9-19-10(2)16/h7-9H2,1-6H3,(H,14,17). The molecule has 0 aliphatic carbocycles. The summed E-state index contributed by atoms with van der Waals surface area (Å²) in [5, 5.41) is 15.3. The van der Waals surface area contributed by atoms with Gasteiger partial charge in [0.25, 0.3) is 0 Å². The summed E-state index contributed by atoms with van der Waals surface area (Å²) in [6, 6.07) is 0. The molecule has 0 spiro atoms. The molecule has 6 heteroatoms. The molecule has 0 atom stereocenters. The average molecular weight is 273 g/mol. The second kappa shape index (κ2) is 6.86. The van der Waals surface area contributed by atoms with Crippen LogP contribution in [0.15, 0.2) is 0 Å². The van der Waals surface area contributed by atoms with E-state index in [1.54, 1.807) is 13.8 Å². The van der Waals surface area contributed by atoms with Gasteiger partial charge in [-0.15, -0.1) is 10.3 Å². The smallest absolute Gasteiger partial charge is 0.302 e. The highest BCUT2D eigenvalue weighted by molar-refractivity contribution is 5.78. The van der Waals surface area contributed by atoms with Gasteiger partial charge in [-0.25, -0.2) is 0 Å². The van der Waals surface area contributed by atoms with Crippen molar-refractivity contribution in [2.75, 3.05) is 13.2 Å². The highest BCUT2D eigenvalue weighted by atomic mass is 16.5. The van der Waals surface area contributed by atoms with E-state index in [0.29, 0.717) is 5.06 Å². The molecule has 0 saturated heterocycles. The molecule has 0 bridgehead atoms. The molecule has 111 valence electrons. The van der Waals surface area contributed by atoms with Gasteiger partial charge >= 0.3 is 5.97 Å². The van der Waals surface area contributed by atoms with Crippen molar-refractivity contribution in [1.29, 1.82) is 0 Å². The summed E-state index contributed by atoms with van der Waals surface area (Å²) in [7, 11) is 0. The normalized spacial score (nSPS) is 12.4. The number of rotatable bonds is 7. The Morgan fingerprint density at radius 2 is 1.74 bits per heavy atom. The molecule has 0 unspecified atom stereocenters. The summed E-state index contributed by atoms with van der Waals surface area (Å²) in [6.45, 7) is 9.95. The quantitative estimate of drug-likeness (QED) is 0.560. The van der Waals surface area contributed by atoms with Crippen LogP contribution in [0.2, 0.25) is 0 Å². The van der Waals surface area contributed by atoms with Gasteiger partial charge in [-0.05, 0) is 34.1 Å². The summed E-state index contributed by atoms with van der Waals surface area (Å²) >= 11 is 0. The number of ether oxygens (including phenoxy) is 1. The summed E-state index contributed by atoms with van der Waals surface area (Å²) in [6.07, 6.45) is 0.772. The van der Waals surface area contributed by atoms with Crippen molar-refractivity contribution in [1.82, 2.24) is 10.4 Å². The van der Waals surface area contributed by atoms with Crippen molar-refractivity contribution < 1.29 is 19.5 Å². The van der Waals surface area contributed by atoms with Crippen LogP contribution < -0.4 is 5.32 Å². The predicted molar refractivity (Wildman–Crippen MR) is 70.6 cm³/mol. The van der Waals surface area contributed by atoms with E-state index in [1.807, 2.05) is 20.8 Å². The van der Waals surface area contributed by atoms with Crippen molar-refractivity contribution in [2.45, 2.75) is 59.0 Å². The monoisotopic (exact) mass is 273 g/mol. The van der Waals surface area contributed by atoms with Gasteiger partial charge in [-0.2, -0.15) is 0 Å². The molecule has 1 amide bonds. The fourth-order valence-electron chi connectivity index (χ4n) is 1.20. The highest BCUT2D eigenvalue weighted by Crippen LogP contribution is 2.13. The molecule has 0 saturated carbocycles. The molecular formula is C13H25N2O4. The molecule has 0 heterocycles. The van der Waals surface area contributed by atoms with Crippen molar-refractivity contribution >= 4 is 11.9 Å². The molecular weight excluding hydrogens is 248 g/mol. The third-order valence-corrected chi connectivity index (χ3v) is 2.95. The minimum absolute atomic E-state index is 0.0454. The van der Waals surface area contributed by atoms with Crippen molar-refractivity contribution in [2.24, 2.45) is 0 Å². The Morgan fingerprint density at radius 3 is 2.16 bits per heavy atom. The number of carbonyl (C=O) groups excluding carboxylic acids is 2. The molecule has 1 radical (unpaired) electrons. The number of amides is 1. The van der Waals surface area contributed by atoms with E-state index >= 15 is 0 Å². The molecule has 0 aliphatic heterocycles. The molecule has 0 fully saturated rings.